The summed E-state index contributed by atoms with van der Waals surface area (Å²) < 4.78 is 17.2. The Kier molecular flexibility index (Phi) is 7.60. The SMILES string of the molecule is CC(C)(C)OC(=O)NCCOc1ccc(-c2cccc(N)c2)cc1OCc1ccccc1. The van der Waals surface area contributed by atoms with Gasteiger partial charge in [0.05, 0.1) is 6.54 Å². The first kappa shape index (κ1) is 23.0. The Balaban J connectivity index is 1.70. The van der Waals surface area contributed by atoms with Crippen LogP contribution < -0.4 is 20.5 Å². The van der Waals surface area contributed by atoms with Gasteiger partial charge in [0, 0.05) is 5.69 Å². The Labute approximate surface area is 189 Å². The number of anilines is 1. The van der Waals surface area contributed by atoms with Crippen LogP contribution in [0.1, 0.15) is 26.3 Å². The monoisotopic (exact) mass is 434 g/mol. The van der Waals surface area contributed by atoms with Crippen LogP contribution in [0.4, 0.5) is 10.5 Å². The molecule has 1 amide bonds. The third-order valence-corrected chi connectivity index (χ3v) is 4.43. The van der Waals surface area contributed by atoms with Crippen molar-refractivity contribution in [2.24, 2.45) is 0 Å². The third-order valence-electron chi connectivity index (χ3n) is 4.43. The second-order valence-electron chi connectivity index (χ2n) is 8.34. The first-order valence-corrected chi connectivity index (χ1v) is 10.6. The highest BCUT2D eigenvalue weighted by atomic mass is 16.6. The minimum Gasteiger partial charge on any atom is -0.488 e. The molecule has 0 radical (unpaired) electrons. The van der Waals surface area contributed by atoms with Crippen molar-refractivity contribution in [3.63, 3.8) is 0 Å². The van der Waals surface area contributed by atoms with E-state index in [9.17, 15) is 4.79 Å². The summed E-state index contributed by atoms with van der Waals surface area (Å²) in [6.07, 6.45) is -0.473. The van der Waals surface area contributed by atoms with E-state index in [2.05, 4.69) is 5.32 Å². The fourth-order valence-electron chi connectivity index (χ4n) is 3.00. The van der Waals surface area contributed by atoms with Crippen LogP contribution in [-0.4, -0.2) is 24.8 Å². The molecule has 0 bridgehead atoms. The molecule has 3 N–H and O–H groups in total. The fourth-order valence-corrected chi connectivity index (χ4v) is 3.00. The van der Waals surface area contributed by atoms with Gasteiger partial charge in [-0.05, 0) is 61.7 Å². The summed E-state index contributed by atoms with van der Waals surface area (Å²) >= 11 is 0. The van der Waals surface area contributed by atoms with Crippen molar-refractivity contribution in [2.45, 2.75) is 33.0 Å². The first-order valence-electron chi connectivity index (χ1n) is 10.6. The van der Waals surface area contributed by atoms with E-state index in [-0.39, 0.29) is 6.61 Å². The van der Waals surface area contributed by atoms with Crippen molar-refractivity contribution >= 4 is 11.8 Å². The molecule has 0 aliphatic heterocycles. The number of carbonyl (C=O) groups excluding carboxylic acids is 1. The lowest BCUT2D eigenvalue weighted by Gasteiger charge is -2.20. The van der Waals surface area contributed by atoms with E-state index in [1.165, 1.54) is 0 Å². The lowest BCUT2D eigenvalue weighted by molar-refractivity contribution is 0.0520. The number of nitrogens with one attached hydrogen (secondary N) is 1. The summed E-state index contributed by atoms with van der Waals surface area (Å²) in [7, 11) is 0. The number of amides is 1. The van der Waals surface area contributed by atoms with Gasteiger partial charge in [-0.25, -0.2) is 4.79 Å². The van der Waals surface area contributed by atoms with Gasteiger partial charge in [-0.2, -0.15) is 0 Å². The van der Waals surface area contributed by atoms with Crippen molar-refractivity contribution in [1.82, 2.24) is 5.32 Å². The Morgan fingerprint density at radius 3 is 2.34 bits per heavy atom. The zero-order chi connectivity index (χ0) is 23.0. The molecule has 0 fully saturated rings. The van der Waals surface area contributed by atoms with E-state index in [0.717, 1.165) is 16.7 Å². The number of nitrogens with two attached hydrogens (primary N) is 1. The predicted octanol–water partition coefficient (Wildman–Crippen LogP) is 5.42. The maximum atomic E-state index is 11.8. The first-order chi connectivity index (χ1) is 15.3. The summed E-state index contributed by atoms with van der Waals surface area (Å²) in [6.45, 7) is 6.46. The maximum Gasteiger partial charge on any atom is 0.407 e. The summed E-state index contributed by atoms with van der Waals surface area (Å²) in [6, 6.07) is 23.4. The highest BCUT2D eigenvalue weighted by Crippen LogP contribution is 2.34. The molecule has 6 heteroatoms. The molecule has 0 aliphatic carbocycles. The normalized spacial score (nSPS) is 11.0. The van der Waals surface area contributed by atoms with Crippen LogP contribution in [0.5, 0.6) is 11.5 Å². The van der Waals surface area contributed by atoms with Crippen molar-refractivity contribution in [2.75, 3.05) is 18.9 Å². The maximum absolute atomic E-state index is 11.8. The van der Waals surface area contributed by atoms with Crippen LogP contribution in [0.25, 0.3) is 11.1 Å². The molecule has 0 unspecified atom stereocenters. The summed E-state index contributed by atoms with van der Waals surface area (Å²) in [5, 5.41) is 2.69. The number of hydrogen-bond donors (Lipinski definition) is 2. The molecular formula is C26H30N2O4. The molecule has 0 aliphatic rings. The predicted molar refractivity (Wildman–Crippen MR) is 127 cm³/mol. The van der Waals surface area contributed by atoms with E-state index in [0.29, 0.717) is 30.3 Å². The molecule has 0 saturated heterocycles. The molecule has 6 nitrogen and oxygen atoms in total. The van der Waals surface area contributed by atoms with Crippen LogP contribution in [0.15, 0.2) is 72.8 Å². The van der Waals surface area contributed by atoms with E-state index >= 15 is 0 Å². The minimum absolute atomic E-state index is 0.276. The number of ether oxygens (including phenoxy) is 3. The summed E-state index contributed by atoms with van der Waals surface area (Å²) in [5.41, 5.74) is 9.12. The highest BCUT2D eigenvalue weighted by molar-refractivity contribution is 5.70. The van der Waals surface area contributed by atoms with Gasteiger partial charge in [0.2, 0.25) is 0 Å². The van der Waals surface area contributed by atoms with Gasteiger partial charge >= 0.3 is 6.09 Å². The van der Waals surface area contributed by atoms with E-state index < -0.39 is 11.7 Å². The number of hydrogen-bond acceptors (Lipinski definition) is 5. The van der Waals surface area contributed by atoms with Crippen molar-refractivity contribution < 1.29 is 19.0 Å². The molecule has 0 heterocycles. The largest absolute Gasteiger partial charge is 0.488 e. The van der Waals surface area contributed by atoms with Crippen LogP contribution in [-0.2, 0) is 11.3 Å². The van der Waals surface area contributed by atoms with E-state index in [1.54, 1.807) is 0 Å². The van der Waals surface area contributed by atoms with Crippen LogP contribution in [0.3, 0.4) is 0 Å². The molecule has 3 aromatic rings. The van der Waals surface area contributed by atoms with Crippen LogP contribution in [0.2, 0.25) is 0 Å². The van der Waals surface area contributed by atoms with Gasteiger partial charge in [-0.3, -0.25) is 0 Å². The molecule has 0 atom stereocenters. The Bertz CT molecular complexity index is 1030. The number of nitrogen functional groups attached to an aromatic ring is 1. The van der Waals surface area contributed by atoms with Gasteiger partial charge < -0.3 is 25.3 Å². The molecule has 0 aromatic heterocycles. The standard InChI is InChI=1S/C26H30N2O4/c1-26(2,3)32-25(29)28-14-15-30-23-13-12-21(20-10-7-11-22(27)16-20)17-24(23)31-18-19-8-5-4-6-9-19/h4-13,16-17H,14-15,18,27H2,1-3H3,(H,28,29). The smallest absolute Gasteiger partial charge is 0.407 e. The second-order valence-corrected chi connectivity index (χ2v) is 8.34. The quantitative estimate of drug-likeness (QED) is 0.365. The van der Waals surface area contributed by atoms with Crippen molar-refractivity contribution in [1.29, 1.82) is 0 Å². The lowest BCUT2D eigenvalue weighted by atomic mass is 10.0. The number of benzene rings is 3. The van der Waals surface area contributed by atoms with Crippen LogP contribution >= 0.6 is 0 Å². The molecule has 168 valence electrons. The summed E-state index contributed by atoms with van der Waals surface area (Å²) in [5.74, 6) is 1.21. The van der Waals surface area contributed by atoms with Crippen molar-refractivity contribution in [3.05, 3.63) is 78.4 Å². The zero-order valence-corrected chi connectivity index (χ0v) is 18.8. The average molecular weight is 435 g/mol. The number of rotatable bonds is 8. The van der Waals surface area contributed by atoms with Gasteiger partial charge in [-0.1, -0.05) is 48.5 Å². The fraction of sp³-hybridized carbons (Fsp3) is 0.269. The molecular weight excluding hydrogens is 404 g/mol. The molecule has 0 spiro atoms. The second kappa shape index (κ2) is 10.6. The van der Waals surface area contributed by atoms with Gasteiger partial charge in [-0.15, -0.1) is 0 Å². The van der Waals surface area contributed by atoms with Gasteiger partial charge in [0.25, 0.3) is 0 Å². The Hall–Kier alpha value is -3.67. The topological polar surface area (TPSA) is 82.8 Å². The summed E-state index contributed by atoms with van der Waals surface area (Å²) in [4.78, 5) is 11.8. The highest BCUT2D eigenvalue weighted by Gasteiger charge is 2.16. The average Bonchev–Trinajstić information content (AvgIpc) is 2.75. The minimum atomic E-state index is -0.542. The van der Waals surface area contributed by atoms with Crippen LogP contribution in [0, 0.1) is 0 Å². The van der Waals surface area contributed by atoms with E-state index in [4.69, 9.17) is 19.9 Å². The molecule has 3 rings (SSSR count). The molecule has 3 aromatic carbocycles. The molecule has 0 saturated carbocycles. The number of alkyl carbamates (subject to hydrolysis) is 1. The van der Waals surface area contributed by atoms with Gasteiger partial charge in [0.15, 0.2) is 11.5 Å². The Morgan fingerprint density at radius 2 is 1.62 bits per heavy atom. The lowest BCUT2D eigenvalue weighted by Crippen LogP contribution is -2.34. The van der Waals surface area contributed by atoms with Crippen molar-refractivity contribution in [3.8, 4) is 22.6 Å². The Morgan fingerprint density at radius 1 is 0.875 bits per heavy atom. The molecule has 32 heavy (non-hydrogen) atoms. The number of carbonyl (C=O) groups is 1. The van der Waals surface area contributed by atoms with E-state index in [1.807, 2.05) is 93.6 Å². The third kappa shape index (κ3) is 7.23. The zero-order valence-electron chi connectivity index (χ0n) is 18.8. The van der Waals surface area contributed by atoms with Gasteiger partial charge in [0.1, 0.15) is 18.8 Å².